The SMILES string of the molecule is CN(CC(=O)N1CCCC1)C1CCCCC1CN. The molecular formula is C14H27N3O. The van der Waals surface area contributed by atoms with E-state index in [1.54, 1.807) is 0 Å². The van der Waals surface area contributed by atoms with Gasteiger partial charge in [0.05, 0.1) is 6.54 Å². The number of carbonyl (C=O) groups is 1. The summed E-state index contributed by atoms with van der Waals surface area (Å²) in [6.07, 6.45) is 7.35. The maximum atomic E-state index is 12.1. The summed E-state index contributed by atoms with van der Waals surface area (Å²) in [7, 11) is 2.09. The molecule has 1 saturated heterocycles. The highest BCUT2D eigenvalue weighted by atomic mass is 16.2. The molecule has 2 fully saturated rings. The van der Waals surface area contributed by atoms with Crippen LogP contribution >= 0.6 is 0 Å². The van der Waals surface area contributed by atoms with E-state index < -0.39 is 0 Å². The van der Waals surface area contributed by atoms with Crippen LogP contribution in [0.4, 0.5) is 0 Å². The summed E-state index contributed by atoms with van der Waals surface area (Å²) in [4.78, 5) is 16.4. The van der Waals surface area contributed by atoms with Crippen molar-refractivity contribution < 1.29 is 4.79 Å². The number of rotatable bonds is 4. The first-order valence-electron chi connectivity index (χ1n) is 7.40. The third kappa shape index (κ3) is 3.23. The first kappa shape index (κ1) is 13.8. The average molecular weight is 253 g/mol. The predicted molar refractivity (Wildman–Crippen MR) is 73.2 cm³/mol. The molecule has 0 radical (unpaired) electrons. The zero-order valence-corrected chi connectivity index (χ0v) is 11.6. The third-order valence-corrected chi connectivity index (χ3v) is 4.58. The third-order valence-electron chi connectivity index (χ3n) is 4.58. The molecule has 18 heavy (non-hydrogen) atoms. The summed E-state index contributed by atoms with van der Waals surface area (Å²) >= 11 is 0. The summed E-state index contributed by atoms with van der Waals surface area (Å²) in [6.45, 7) is 3.24. The van der Waals surface area contributed by atoms with Crippen LogP contribution in [0.2, 0.25) is 0 Å². The van der Waals surface area contributed by atoms with Gasteiger partial charge in [0.15, 0.2) is 0 Å². The number of nitrogens with two attached hydrogens (primary N) is 1. The molecule has 2 aliphatic rings. The molecule has 2 unspecified atom stereocenters. The summed E-state index contributed by atoms with van der Waals surface area (Å²) in [6, 6.07) is 0.510. The Kier molecular flexibility index (Phi) is 5.01. The number of hydrogen-bond donors (Lipinski definition) is 1. The van der Waals surface area contributed by atoms with Gasteiger partial charge in [-0.1, -0.05) is 12.8 Å². The minimum absolute atomic E-state index is 0.302. The van der Waals surface area contributed by atoms with Gasteiger partial charge in [0.25, 0.3) is 0 Å². The second kappa shape index (κ2) is 6.53. The number of hydrogen-bond acceptors (Lipinski definition) is 3. The summed E-state index contributed by atoms with van der Waals surface area (Å²) < 4.78 is 0. The lowest BCUT2D eigenvalue weighted by molar-refractivity contribution is -0.131. The van der Waals surface area contributed by atoms with Crippen molar-refractivity contribution in [2.24, 2.45) is 11.7 Å². The maximum Gasteiger partial charge on any atom is 0.236 e. The Morgan fingerprint density at radius 2 is 1.89 bits per heavy atom. The molecule has 0 bridgehead atoms. The first-order valence-corrected chi connectivity index (χ1v) is 7.40. The second-order valence-corrected chi connectivity index (χ2v) is 5.85. The highest BCUT2D eigenvalue weighted by Gasteiger charge is 2.29. The fraction of sp³-hybridized carbons (Fsp3) is 0.929. The van der Waals surface area contributed by atoms with E-state index in [0.717, 1.165) is 19.6 Å². The van der Waals surface area contributed by atoms with Gasteiger partial charge in [-0.2, -0.15) is 0 Å². The van der Waals surface area contributed by atoms with Crippen LogP contribution in [0.5, 0.6) is 0 Å². The molecule has 1 saturated carbocycles. The molecule has 2 N–H and O–H groups in total. The number of carbonyl (C=O) groups excluding carboxylic acids is 1. The second-order valence-electron chi connectivity index (χ2n) is 5.85. The van der Waals surface area contributed by atoms with Crippen LogP contribution in [0.25, 0.3) is 0 Å². The highest BCUT2D eigenvalue weighted by molar-refractivity contribution is 5.78. The van der Waals surface area contributed by atoms with Crippen LogP contribution in [-0.2, 0) is 4.79 Å². The molecule has 1 heterocycles. The Hall–Kier alpha value is -0.610. The lowest BCUT2D eigenvalue weighted by atomic mass is 9.84. The Morgan fingerprint density at radius 3 is 2.56 bits per heavy atom. The Bertz CT molecular complexity index is 276. The van der Waals surface area contributed by atoms with Crippen molar-refractivity contribution in [1.29, 1.82) is 0 Å². The van der Waals surface area contributed by atoms with E-state index in [1.807, 2.05) is 4.90 Å². The number of nitrogens with zero attached hydrogens (tertiary/aromatic N) is 2. The van der Waals surface area contributed by atoms with Crippen LogP contribution in [0.1, 0.15) is 38.5 Å². The zero-order chi connectivity index (χ0) is 13.0. The van der Waals surface area contributed by atoms with E-state index in [1.165, 1.54) is 38.5 Å². The Labute approximate surface area is 110 Å². The summed E-state index contributed by atoms with van der Waals surface area (Å²) in [5.74, 6) is 0.881. The van der Waals surface area contributed by atoms with Crippen molar-refractivity contribution in [2.45, 2.75) is 44.6 Å². The van der Waals surface area contributed by atoms with Crippen LogP contribution < -0.4 is 5.73 Å². The van der Waals surface area contributed by atoms with Crippen LogP contribution in [0.15, 0.2) is 0 Å². The summed E-state index contributed by atoms with van der Waals surface area (Å²) in [5.41, 5.74) is 5.86. The fourth-order valence-electron chi connectivity index (χ4n) is 3.44. The molecule has 2 atom stereocenters. The smallest absolute Gasteiger partial charge is 0.236 e. The van der Waals surface area contributed by atoms with Crippen LogP contribution in [-0.4, -0.2) is 55.0 Å². The molecule has 4 heteroatoms. The molecule has 104 valence electrons. The number of amides is 1. The fourth-order valence-corrected chi connectivity index (χ4v) is 3.44. The van der Waals surface area contributed by atoms with Gasteiger partial charge < -0.3 is 10.6 Å². The molecule has 0 aromatic carbocycles. The maximum absolute atomic E-state index is 12.1. The highest BCUT2D eigenvalue weighted by Crippen LogP contribution is 2.27. The Morgan fingerprint density at radius 1 is 1.22 bits per heavy atom. The van der Waals surface area contributed by atoms with Crippen LogP contribution in [0.3, 0.4) is 0 Å². The number of likely N-dealkylation sites (N-methyl/N-ethyl adjacent to an activating group) is 1. The molecule has 1 aliphatic carbocycles. The monoisotopic (exact) mass is 253 g/mol. The molecule has 0 aromatic rings. The van der Waals surface area contributed by atoms with E-state index >= 15 is 0 Å². The lowest BCUT2D eigenvalue weighted by Gasteiger charge is -2.37. The van der Waals surface area contributed by atoms with Crippen molar-refractivity contribution in [1.82, 2.24) is 9.80 Å². The lowest BCUT2D eigenvalue weighted by Crippen LogP contribution is -2.47. The van der Waals surface area contributed by atoms with E-state index in [9.17, 15) is 4.79 Å². The van der Waals surface area contributed by atoms with Gasteiger partial charge in [-0.3, -0.25) is 9.69 Å². The molecule has 4 nitrogen and oxygen atoms in total. The van der Waals surface area contributed by atoms with Gasteiger partial charge in [0.2, 0.25) is 5.91 Å². The average Bonchev–Trinajstić information content (AvgIpc) is 2.92. The van der Waals surface area contributed by atoms with Crippen molar-refractivity contribution in [3.05, 3.63) is 0 Å². The molecule has 1 aliphatic heterocycles. The topological polar surface area (TPSA) is 49.6 Å². The van der Waals surface area contributed by atoms with E-state index in [0.29, 0.717) is 24.4 Å². The van der Waals surface area contributed by atoms with Gasteiger partial charge in [-0.15, -0.1) is 0 Å². The Balaban J connectivity index is 1.85. The van der Waals surface area contributed by atoms with Crippen molar-refractivity contribution in [2.75, 3.05) is 33.2 Å². The first-order chi connectivity index (χ1) is 8.72. The van der Waals surface area contributed by atoms with E-state index in [-0.39, 0.29) is 0 Å². The minimum atomic E-state index is 0.302. The van der Waals surface area contributed by atoms with Gasteiger partial charge in [-0.05, 0) is 45.2 Å². The van der Waals surface area contributed by atoms with E-state index in [4.69, 9.17) is 5.73 Å². The van der Waals surface area contributed by atoms with Gasteiger partial charge in [-0.25, -0.2) is 0 Å². The zero-order valence-electron chi connectivity index (χ0n) is 11.6. The molecule has 0 spiro atoms. The van der Waals surface area contributed by atoms with Gasteiger partial charge in [0.1, 0.15) is 0 Å². The molecular weight excluding hydrogens is 226 g/mol. The van der Waals surface area contributed by atoms with Crippen molar-refractivity contribution in [3.8, 4) is 0 Å². The molecule has 2 rings (SSSR count). The predicted octanol–water partition coefficient (Wildman–Crippen LogP) is 1.06. The largest absolute Gasteiger partial charge is 0.342 e. The molecule has 0 aromatic heterocycles. The van der Waals surface area contributed by atoms with Crippen molar-refractivity contribution in [3.63, 3.8) is 0 Å². The standard InChI is InChI=1S/C14H27N3O/c1-16(11-14(18)17-8-4-5-9-17)13-7-3-2-6-12(13)10-15/h12-13H,2-11,15H2,1H3. The van der Waals surface area contributed by atoms with Gasteiger partial charge >= 0.3 is 0 Å². The van der Waals surface area contributed by atoms with Gasteiger partial charge in [0, 0.05) is 19.1 Å². The number of likely N-dealkylation sites (tertiary alicyclic amines) is 1. The van der Waals surface area contributed by atoms with E-state index in [2.05, 4.69) is 11.9 Å². The molecule has 1 amide bonds. The van der Waals surface area contributed by atoms with Crippen molar-refractivity contribution >= 4 is 5.91 Å². The summed E-state index contributed by atoms with van der Waals surface area (Å²) in [5, 5.41) is 0. The normalized spacial score (nSPS) is 28.9. The quantitative estimate of drug-likeness (QED) is 0.815. The van der Waals surface area contributed by atoms with Crippen LogP contribution in [0, 0.1) is 5.92 Å². The minimum Gasteiger partial charge on any atom is -0.342 e.